The lowest BCUT2D eigenvalue weighted by atomic mass is 10.1. The fourth-order valence-electron chi connectivity index (χ4n) is 1.72. The van der Waals surface area contributed by atoms with E-state index in [1.807, 2.05) is 0 Å². The summed E-state index contributed by atoms with van der Waals surface area (Å²) >= 11 is 0. The Labute approximate surface area is 99.0 Å². The maximum atomic E-state index is 11.8. The van der Waals surface area contributed by atoms with Gasteiger partial charge in [0.15, 0.2) is 0 Å². The molecule has 1 aromatic rings. The minimum Gasteiger partial charge on any atom is -0.352 e. The highest BCUT2D eigenvalue weighted by Gasteiger charge is 2.23. The first-order valence-corrected chi connectivity index (χ1v) is 5.62. The highest BCUT2D eigenvalue weighted by molar-refractivity contribution is 5.96. The quantitative estimate of drug-likeness (QED) is 0.640. The number of carbonyl (C=O) groups excluding carboxylic acids is 1. The first-order valence-electron chi connectivity index (χ1n) is 5.62. The summed E-state index contributed by atoms with van der Waals surface area (Å²) in [5, 5.41) is 13.6. The van der Waals surface area contributed by atoms with Crippen LogP contribution in [0, 0.1) is 23.0 Å². The van der Waals surface area contributed by atoms with E-state index >= 15 is 0 Å². The molecular formula is C12H14N2O3. The summed E-state index contributed by atoms with van der Waals surface area (Å²) < 4.78 is 0. The second kappa shape index (κ2) is 4.53. The Morgan fingerprint density at radius 1 is 1.53 bits per heavy atom. The summed E-state index contributed by atoms with van der Waals surface area (Å²) in [5.41, 5.74) is 0.801. The molecule has 1 aliphatic carbocycles. The molecule has 5 heteroatoms. The fourth-order valence-corrected chi connectivity index (χ4v) is 1.72. The average Bonchev–Trinajstić information content (AvgIpc) is 3.09. The molecule has 1 amide bonds. The van der Waals surface area contributed by atoms with Gasteiger partial charge in [-0.25, -0.2) is 0 Å². The Morgan fingerprint density at radius 2 is 2.24 bits per heavy atom. The molecule has 1 N–H and O–H groups in total. The molecule has 0 unspecified atom stereocenters. The Morgan fingerprint density at radius 3 is 2.82 bits per heavy atom. The minimum absolute atomic E-state index is 0.0101. The summed E-state index contributed by atoms with van der Waals surface area (Å²) in [6.07, 6.45) is 2.32. The molecule has 1 fully saturated rings. The predicted molar refractivity (Wildman–Crippen MR) is 62.9 cm³/mol. The summed E-state index contributed by atoms with van der Waals surface area (Å²) in [5.74, 6) is 0.371. The van der Waals surface area contributed by atoms with Crippen molar-refractivity contribution >= 4 is 11.6 Å². The first kappa shape index (κ1) is 11.6. The molecule has 0 aliphatic heterocycles. The normalized spacial score (nSPS) is 14.4. The lowest BCUT2D eigenvalue weighted by Crippen LogP contribution is -2.26. The van der Waals surface area contributed by atoms with Gasteiger partial charge in [-0.2, -0.15) is 0 Å². The first-order chi connectivity index (χ1) is 8.09. The maximum Gasteiger partial charge on any atom is 0.273 e. The Kier molecular flexibility index (Phi) is 3.08. The van der Waals surface area contributed by atoms with Crippen molar-refractivity contribution in [1.29, 1.82) is 0 Å². The molecular weight excluding hydrogens is 220 g/mol. The van der Waals surface area contributed by atoms with E-state index in [9.17, 15) is 14.9 Å². The number of carbonyl (C=O) groups is 1. The number of benzene rings is 1. The van der Waals surface area contributed by atoms with E-state index in [0.29, 0.717) is 23.6 Å². The second-order valence-corrected chi connectivity index (χ2v) is 4.36. The molecule has 2 rings (SSSR count). The van der Waals surface area contributed by atoms with Gasteiger partial charge >= 0.3 is 0 Å². The van der Waals surface area contributed by atoms with Crippen molar-refractivity contribution in [3.05, 3.63) is 39.4 Å². The molecule has 5 nitrogen and oxygen atoms in total. The highest BCUT2D eigenvalue weighted by Crippen LogP contribution is 2.28. The molecule has 0 bridgehead atoms. The molecule has 0 atom stereocenters. The number of nitrogens with zero attached hydrogens (tertiary/aromatic N) is 1. The van der Waals surface area contributed by atoms with Crippen molar-refractivity contribution in [1.82, 2.24) is 5.32 Å². The lowest BCUT2D eigenvalue weighted by Gasteiger charge is -2.07. The van der Waals surface area contributed by atoms with Gasteiger partial charge in [0.2, 0.25) is 0 Å². The van der Waals surface area contributed by atoms with E-state index in [0.717, 1.165) is 12.8 Å². The number of nitrogens with one attached hydrogen (secondary N) is 1. The molecule has 0 saturated heterocycles. The zero-order chi connectivity index (χ0) is 12.4. The van der Waals surface area contributed by atoms with Crippen LogP contribution in [0.4, 0.5) is 5.69 Å². The largest absolute Gasteiger partial charge is 0.352 e. The van der Waals surface area contributed by atoms with E-state index in [1.165, 1.54) is 12.1 Å². The van der Waals surface area contributed by atoms with Crippen LogP contribution < -0.4 is 5.32 Å². The van der Waals surface area contributed by atoms with Gasteiger partial charge in [-0.05, 0) is 31.7 Å². The van der Waals surface area contributed by atoms with Crippen LogP contribution in [0.25, 0.3) is 0 Å². The minimum atomic E-state index is -0.465. The highest BCUT2D eigenvalue weighted by atomic mass is 16.6. The monoisotopic (exact) mass is 234 g/mol. The van der Waals surface area contributed by atoms with Crippen molar-refractivity contribution in [2.45, 2.75) is 19.8 Å². The summed E-state index contributed by atoms with van der Waals surface area (Å²) in [6.45, 7) is 2.27. The standard InChI is InChI=1S/C12H14N2O3/c1-8-10(3-2-4-11(8)14(16)17)12(15)13-7-9-5-6-9/h2-4,9H,5-7H2,1H3,(H,13,15). The Balaban J connectivity index is 2.15. The van der Waals surface area contributed by atoms with Gasteiger partial charge in [0, 0.05) is 23.7 Å². The van der Waals surface area contributed by atoms with Crippen LogP contribution >= 0.6 is 0 Å². The SMILES string of the molecule is Cc1c(C(=O)NCC2CC2)cccc1[N+](=O)[O-]. The number of nitro benzene ring substituents is 1. The summed E-state index contributed by atoms with van der Waals surface area (Å²) in [6, 6.07) is 4.56. The lowest BCUT2D eigenvalue weighted by molar-refractivity contribution is -0.385. The third kappa shape index (κ3) is 2.61. The van der Waals surface area contributed by atoms with Crippen molar-refractivity contribution < 1.29 is 9.72 Å². The number of nitro groups is 1. The molecule has 17 heavy (non-hydrogen) atoms. The van der Waals surface area contributed by atoms with Gasteiger partial charge < -0.3 is 5.32 Å². The second-order valence-electron chi connectivity index (χ2n) is 4.36. The number of hydrogen-bond acceptors (Lipinski definition) is 3. The zero-order valence-corrected chi connectivity index (χ0v) is 9.60. The van der Waals surface area contributed by atoms with Crippen molar-refractivity contribution in [2.24, 2.45) is 5.92 Å². The molecule has 0 radical (unpaired) electrons. The van der Waals surface area contributed by atoms with E-state index in [2.05, 4.69) is 5.32 Å². The third-order valence-electron chi connectivity index (χ3n) is 2.99. The molecule has 1 aromatic carbocycles. The summed E-state index contributed by atoms with van der Waals surface area (Å²) in [7, 11) is 0. The average molecular weight is 234 g/mol. The van der Waals surface area contributed by atoms with Gasteiger partial charge in [-0.15, -0.1) is 0 Å². The van der Waals surface area contributed by atoms with Gasteiger partial charge in [-0.1, -0.05) is 6.07 Å². The van der Waals surface area contributed by atoms with E-state index < -0.39 is 4.92 Å². The van der Waals surface area contributed by atoms with Gasteiger partial charge in [-0.3, -0.25) is 14.9 Å². The van der Waals surface area contributed by atoms with Gasteiger partial charge in [0.05, 0.1) is 4.92 Å². The van der Waals surface area contributed by atoms with Crippen LogP contribution in [0.2, 0.25) is 0 Å². The molecule has 1 saturated carbocycles. The van der Waals surface area contributed by atoms with Crippen LogP contribution in [0.1, 0.15) is 28.8 Å². The Bertz CT molecular complexity index is 467. The van der Waals surface area contributed by atoms with E-state index in [4.69, 9.17) is 0 Å². The number of amides is 1. The van der Waals surface area contributed by atoms with Crippen LogP contribution in [-0.2, 0) is 0 Å². The van der Waals surface area contributed by atoms with Crippen molar-refractivity contribution in [2.75, 3.05) is 6.54 Å². The predicted octanol–water partition coefficient (Wildman–Crippen LogP) is 2.04. The van der Waals surface area contributed by atoms with E-state index in [-0.39, 0.29) is 11.6 Å². The zero-order valence-electron chi connectivity index (χ0n) is 9.60. The molecule has 0 aromatic heterocycles. The van der Waals surface area contributed by atoms with Gasteiger partial charge in [0.1, 0.15) is 0 Å². The number of hydrogen-bond donors (Lipinski definition) is 1. The maximum absolute atomic E-state index is 11.8. The topological polar surface area (TPSA) is 72.2 Å². The summed E-state index contributed by atoms with van der Waals surface area (Å²) in [4.78, 5) is 22.1. The van der Waals surface area contributed by atoms with Crippen LogP contribution in [0.15, 0.2) is 18.2 Å². The van der Waals surface area contributed by atoms with Crippen molar-refractivity contribution in [3.8, 4) is 0 Å². The number of rotatable bonds is 4. The van der Waals surface area contributed by atoms with Gasteiger partial charge in [0.25, 0.3) is 11.6 Å². The van der Waals surface area contributed by atoms with Crippen LogP contribution in [0.3, 0.4) is 0 Å². The third-order valence-corrected chi connectivity index (χ3v) is 2.99. The Hall–Kier alpha value is -1.91. The molecule has 0 heterocycles. The van der Waals surface area contributed by atoms with Crippen LogP contribution in [-0.4, -0.2) is 17.4 Å². The van der Waals surface area contributed by atoms with E-state index in [1.54, 1.807) is 13.0 Å². The fraction of sp³-hybridized carbons (Fsp3) is 0.417. The smallest absolute Gasteiger partial charge is 0.273 e. The molecule has 0 spiro atoms. The molecule has 90 valence electrons. The molecule has 1 aliphatic rings. The van der Waals surface area contributed by atoms with Crippen LogP contribution in [0.5, 0.6) is 0 Å². The van der Waals surface area contributed by atoms with Crippen molar-refractivity contribution in [3.63, 3.8) is 0 Å².